The van der Waals surface area contributed by atoms with Crippen molar-refractivity contribution in [1.82, 2.24) is 20.9 Å². The standard InChI is InChI=1S/C15H28N4O2.2ClH/c1-15(6-3-7-17-11-15)14(21)18-12-4-8-19(9-5-12)10-13(20)16-2;;/h12,17H,3-11H2,1-2H3,(H,16,20)(H,18,21);2*1H. The van der Waals surface area contributed by atoms with Gasteiger partial charge in [0.05, 0.1) is 12.0 Å². The minimum absolute atomic E-state index is 0. The Balaban J connectivity index is 0.00000242. The van der Waals surface area contributed by atoms with Crippen LogP contribution in [0.1, 0.15) is 32.6 Å². The van der Waals surface area contributed by atoms with Crippen molar-refractivity contribution in [2.45, 2.75) is 38.6 Å². The maximum Gasteiger partial charge on any atom is 0.233 e. The monoisotopic (exact) mass is 368 g/mol. The third-order valence-electron chi connectivity index (χ3n) is 4.71. The van der Waals surface area contributed by atoms with E-state index < -0.39 is 0 Å². The van der Waals surface area contributed by atoms with E-state index >= 15 is 0 Å². The van der Waals surface area contributed by atoms with Crippen LogP contribution in [-0.2, 0) is 9.59 Å². The zero-order chi connectivity index (χ0) is 15.3. The summed E-state index contributed by atoms with van der Waals surface area (Å²) in [5, 5.41) is 9.17. The Morgan fingerprint density at radius 3 is 2.43 bits per heavy atom. The molecule has 2 rings (SSSR count). The number of halogens is 2. The minimum Gasteiger partial charge on any atom is -0.358 e. The van der Waals surface area contributed by atoms with Crippen molar-refractivity contribution in [2.75, 3.05) is 39.8 Å². The van der Waals surface area contributed by atoms with Crippen LogP contribution >= 0.6 is 24.8 Å². The molecule has 0 aromatic heterocycles. The third kappa shape index (κ3) is 6.45. The summed E-state index contributed by atoms with van der Waals surface area (Å²) in [6, 6.07) is 0.247. The van der Waals surface area contributed by atoms with E-state index in [1.807, 2.05) is 0 Å². The van der Waals surface area contributed by atoms with Gasteiger partial charge < -0.3 is 16.0 Å². The molecule has 136 valence electrons. The van der Waals surface area contributed by atoms with Crippen molar-refractivity contribution in [3.63, 3.8) is 0 Å². The molecule has 1 atom stereocenters. The van der Waals surface area contributed by atoms with Crippen LogP contribution in [-0.4, -0.2) is 62.5 Å². The fourth-order valence-electron chi connectivity index (χ4n) is 3.13. The molecule has 0 radical (unpaired) electrons. The molecule has 0 bridgehead atoms. The molecule has 2 fully saturated rings. The van der Waals surface area contributed by atoms with E-state index in [0.717, 1.165) is 51.9 Å². The van der Waals surface area contributed by atoms with Gasteiger partial charge >= 0.3 is 0 Å². The van der Waals surface area contributed by atoms with Gasteiger partial charge in [-0.2, -0.15) is 0 Å². The predicted octanol–water partition coefficient (Wildman–Crippen LogP) is 0.546. The average molecular weight is 369 g/mol. The summed E-state index contributed by atoms with van der Waals surface area (Å²) in [5.41, 5.74) is -0.266. The highest BCUT2D eigenvalue weighted by atomic mass is 35.5. The lowest BCUT2D eigenvalue weighted by molar-refractivity contribution is -0.132. The molecule has 0 saturated carbocycles. The van der Waals surface area contributed by atoms with Gasteiger partial charge in [-0.25, -0.2) is 0 Å². The number of hydrogen-bond donors (Lipinski definition) is 3. The van der Waals surface area contributed by atoms with Crippen molar-refractivity contribution in [3.05, 3.63) is 0 Å². The number of hydrogen-bond acceptors (Lipinski definition) is 4. The Morgan fingerprint density at radius 1 is 1.26 bits per heavy atom. The molecule has 2 aliphatic heterocycles. The molecular weight excluding hydrogens is 339 g/mol. The summed E-state index contributed by atoms with van der Waals surface area (Å²) < 4.78 is 0. The van der Waals surface area contributed by atoms with Crippen molar-refractivity contribution < 1.29 is 9.59 Å². The molecular formula is C15H30Cl2N4O2. The van der Waals surface area contributed by atoms with Gasteiger partial charge in [-0.3, -0.25) is 14.5 Å². The third-order valence-corrected chi connectivity index (χ3v) is 4.71. The number of carbonyl (C=O) groups is 2. The van der Waals surface area contributed by atoms with Gasteiger partial charge in [0, 0.05) is 32.7 Å². The molecule has 6 nitrogen and oxygen atoms in total. The van der Waals surface area contributed by atoms with Crippen molar-refractivity contribution in [2.24, 2.45) is 5.41 Å². The van der Waals surface area contributed by atoms with Crippen molar-refractivity contribution >= 4 is 36.6 Å². The molecule has 0 aliphatic carbocycles. The molecule has 2 saturated heterocycles. The second-order valence-electron chi connectivity index (χ2n) is 6.54. The fraction of sp³-hybridized carbons (Fsp3) is 0.867. The Bertz CT molecular complexity index is 382. The Labute approximate surface area is 151 Å². The van der Waals surface area contributed by atoms with E-state index in [-0.39, 0.29) is 48.1 Å². The van der Waals surface area contributed by atoms with Crippen LogP contribution in [0.5, 0.6) is 0 Å². The van der Waals surface area contributed by atoms with E-state index in [2.05, 4.69) is 27.8 Å². The first-order valence-corrected chi connectivity index (χ1v) is 7.98. The van der Waals surface area contributed by atoms with Gasteiger partial charge in [-0.05, 0) is 39.2 Å². The first-order valence-electron chi connectivity index (χ1n) is 7.98. The zero-order valence-electron chi connectivity index (χ0n) is 14.0. The number of likely N-dealkylation sites (tertiary alicyclic amines) is 1. The topological polar surface area (TPSA) is 73.5 Å². The number of amides is 2. The summed E-state index contributed by atoms with van der Waals surface area (Å²) in [4.78, 5) is 26.0. The number of piperidine rings is 2. The van der Waals surface area contributed by atoms with Gasteiger partial charge in [0.1, 0.15) is 0 Å². The van der Waals surface area contributed by atoms with Gasteiger partial charge in [0.25, 0.3) is 0 Å². The second kappa shape index (κ2) is 10.3. The van der Waals surface area contributed by atoms with Crippen LogP contribution in [0.2, 0.25) is 0 Å². The second-order valence-corrected chi connectivity index (χ2v) is 6.54. The van der Waals surface area contributed by atoms with Crippen LogP contribution < -0.4 is 16.0 Å². The van der Waals surface area contributed by atoms with Gasteiger partial charge in [-0.15, -0.1) is 24.8 Å². The quantitative estimate of drug-likeness (QED) is 0.677. The number of rotatable bonds is 4. The molecule has 2 heterocycles. The van der Waals surface area contributed by atoms with E-state index in [4.69, 9.17) is 0 Å². The first kappa shape index (κ1) is 22.4. The van der Waals surface area contributed by atoms with Gasteiger partial charge in [0.15, 0.2) is 0 Å². The molecule has 2 aliphatic rings. The highest BCUT2D eigenvalue weighted by Gasteiger charge is 2.36. The fourth-order valence-corrected chi connectivity index (χ4v) is 3.13. The maximum atomic E-state index is 12.5. The molecule has 3 N–H and O–H groups in total. The molecule has 8 heteroatoms. The lowest BCUT2D eigenvalue weighted by Gasteiger charge is -2.36. The first-order chi connectivity index (χ1) is 10.0. The van der Waals surface area contributed by atoms with E-state index in [9.17, 15) is 9.59 Å². The summed E-state index contributed by atoms with van der Waals surface area (Å²) in [6.45, 7) is 6.03. The molecule has 1 unspecified atom stereocenters. The Morgan fingerprint density at radius 2 is 1.91 bits per heavy atom. The number of likely N-dealkylation sites (N-methyl/N-ethyl adjacent to an activating group) is 1. The van der Waals surface area contributed by atoms with Crippen molar-refractivity contribution in [1.29, 1.82) is 0 Å². The zero-order valence-corrected chi connectivity index (χ0v) is 15.7. The van der Waals surface area contributed by atoms with Crippen LogP contribution in [0.25, 0.3) is 0 Å². The van der Waals surface area contributed by atoms with E-state index in [1.165, 1.54) is 0 Å². The maximum absolute atomic E-state index is 12.5. The molecule has 0 aromatic carbocycles. The Kier molecular flexibility index (Phi) is 10.1. The summed E-state index contributed by atoms with van der Waals surface area (Å²) in [6.07, 6.45) is 3.87. The SMILES string of the molecule is CNC(=O)CN1CCC(NC(=O)C2(C)CCCNC2)CC1.Cl.Cl. The van der Waals surface area contributed by atoms with E-state index in [1.54, 1.807) is 7.05 Å². The van der Waals surface area contributed by atoms with Crippen LogP contribution in [0, 0.1) is 5.41 Å². The lowest BCUT2D eigenvalue weighted by Crippen LogP contribution is -2.53. The van der Waals surface area contributed by atoms with Crippen LogP contribution in [0.15, 0.2) is 0 Å². The molecule has 2 amide bonds. The molecule has 0 spiro atoms. The molecule has 23 heavy (non-hydrogen) atoms. The normalized spacial score (nSPS) is 25.7. The number of nitrogens with one attached hydrogen (secondary N) is 3. The van der Waals surface area contributed by atoms with Gasteiger partial charge in [-0.1, -0.05) is 0 Å². The average Bonchev–Trinajstić information content (AvgIpc) is 2.50. The Hall–Kier alpha value is -0.560. The summed E-state index contributed by atoms with van der Waals surface area (Å²) in [5.74, 6) is 0.234. The lowest BCUT2D eigenvalue weighted by atomic mass is 9.81. The number of nitrogens with zero attached hydrogens (tertiary/aromatic N) is 1. The smallest absolute Gasteiger partial charge is 0.233 e. The minimum atomic E-state index is -0.266. The van der Waals surface area contributed by atoms with E-state index in [0.29, 0.717) is 6.54 Å². The largest absolute Gasteiger partial charge is 0.358 e. The molecule has 0 aromatic rings. The van der Waals surface area contributed by atoms with Crippen molar-refractivity contribution in [3.8, 4) is 0 Å². The summed E-state index contributed by atoms with van der Waals surface area (Å²) in [7, 11) is 1.66. The summed E-state index contributed by atoms with van der Waals surface area (Å²) >= 11 is 0. The van der Waals surface area contributed by atoms with Crippen LogP contribution in [0.4, 0.5) is 0 Å². The highest BCUT2D eigenvalue weighted by Crippen LogP contribution is 2.26. The highest BCUT2D eigenvalue weighted by molar-refractivity contribution is 5.85. The number of carbonyl (C=O) groups excluding carboxylic acids is 2. The predicted molar refractivity (Wildman–Crippen MR) is 96.4 cm³/mol. The van der Waals surface area contributed by atoms with Crippen LogP contribution in [0.3, 0.4) is 0 Å². The van der Waals surface area contributed by atoms with Gasteiger partial charge in [0.2, 0.25) is 11.8 Å².